The summed E-state index contributed by atoms with van der Waals surface area (Å²) >= 11 is 0. The largest absolute Gasteiger partial charge is 0.392 e. The van der Waals surface area contributed by atoms with Crippen molar-refractivity contribution < 1.29 is 9.90 Å². The highest BCUT2D eigenvalue weighted by Crippen LogP contribution is 2.17. The number of imidazole rings is 1. The smallest absolute Gasteiger partial charge is 0.253 e. The molecule has 0 radical (unpaired) electrons. The minimum absolute atomic E-state index is 0.0449. The van der Waals surface area contributed by atoms with Gasteiger partial charge in [-0.2, -0.15) is 0 Å². The Labute approximate surface area is 140 Å². The first-order valence-electron chi connectivity index (χ1n) is 7.74. The maximum absolute atomic E-state index is 12.7. The van der Waals surface area contributed by atoms with E-state index in [9.17, 15) is 9.90 Å². The topological polar surface area (TPSA) is 67.2 Å². The number of carbonyl (C=O) groups excluding carboxylic acids is 1. The van der Waals surface area contributed by atoms with Gasteiger partial charge in [0.05, 0.1) is 24.2 Å². The number of hydrogen-bond donors (Lipinski definition) is 2. The van der Waals surface area contributed by atoms with Crippen LogP contribution in [0.3, 0.4) is 0 Å². The second-order valence-electron chi connectivity index (χ2n) is 5.60. The third-order valence-electron chi connectivity index (χ3n) is 3.91. The maximum atomic E-state index is 12.7. The van der Waals surface area contributed by atoms with Gasteiger partial charge in [-0.25, -0.2) is 4.98 Å². The highest BCUT2D eigenvalue weighted by molar-refractivity contribution is 5.98. The van der Waals surface area contributed by atoms with E-state index < -0.39 is 0 Å². The van der Waals surface area contributed by atoms with Crippen molar-refractivity contribution in [2.45, 2.75) is 20.1 Å². The van der Waals surface area contributed by atoms with Crippen LogP contribution < -0.4 is 5.32 Å². The summed E-state index contributed by atoms with van der Waals surface area (Å²) in [7, 11) is 0. The normalized spacial score (nSPS) is 10.6. The van der Waals surface area contributed by atoms with Gasteiger partial charge >= 0.3 is 0 Å². The van der Waals surface area contributed by atoms with Crippen LogP contribution in [0.15, 0.2) is 61.2 Å². The lowest BCUT2D eigenvalue weighted by molar-refractivity contribution is 0.0950. The van der Waals surface area contributed by atoms with Crippen molar-refractivity contribution in [1.29, 1.82) is 0 Å². The van der Waals surface area contributed by atoms with Crippen molar-refractivity contribution in [1.82, 2.24) is 14.9 Å². The van der Waals surface area contributed by atoms with Crippen LogP contribution in [-0.2, 0) is 13.2 Å². The summed E-state index contributed by atoms with van der Waals surface area (Å²) in [6, 6.07) is 13.3. The molecular formula is C19H19N3O2. The number of aliphatic hydroxyl groups excluding tert-OH is 1. The first-order chi connectivity index (χ1) is 11.7. The van der Waals surface area contributed by atoms with Gasteiger partial charge in [0.2, 0.25) is 0 Å². The predicted octanol–water partition coefficient (Wildman–Crippen LogP) is 2.60. The molecule has 3 aromatic rings. The summed E-state index contributed by atoms with van der Waals surface area (Å²) in [6.45, 7) is 2.28. The van der Waals surface area contributed by atoms with Crippen LogP contribution in [0.1, 0.15) is 27.0 Å². The van der Waals surface area contributed by atoms with Gasteiger partial charge in [-0.05, 0) is 30.2 Å². The minimum atomic E-state index is -0.157. The van der Waals surface area contributed by atoms with Crippen molar-refractivity contribution in [3.8, 4) is 5.69 Å². The number of hydrogen-bond acceptors (Lipinski definition) is 3. The van der Waals surface area contributed by atoms with E-state index in [1.54, 1.807) is 12.5 Å². The Morgan fingerprint density at radius 2 is 2.00 bits per heavy atom. The molecule has 1 heterocycles. The third kappa shape index (κ3) is 3.36. The average Bonchev–Trinajstić information content (AvgIpc) is 3.14. The molecule has 0 unspecified atom stereocenters. The Balaban J connectivity index is 1.84. The summed E-state index contributed by atoms with van der Waals surface area (Å²) < 4.78 is 1.82. The Morgan fingerprint density at radius 3 is 2.71 bits per heavy atom. The maximum Gasteiger partial charge on any atom is 0.253 e. The summed E-state index contributed by atoms with van der Waals surface area (Å²) in [5.41, 5.74) is 4.11. The molecule has 1 amide bonds. The second kappa shape index (κ2) is 7.10. The molecule has 0 spiro atoms. The van der Waals surface area contributed by atoms with Crippen molar-refractivity contribution in [2.24, 2.45) is 0 Å². The monoisotopic (exact) mass is 321 g/mol. The van der Waals surface area contributed by atoms with E-state index in [0.29, 0.717) is 12.1 Å². The molecule has 0 fully saturated rings. The summed E-state index contributed by atoms with van der Waals surface area (Å²) in [5.74, 6) is -0.157. The highest BCUT2D eigenvalue weighted by atomic mass is 16.3. The van der Waals surface area contributed by atoms with Crippen molar-refractivity contribution in [3.05, 3.63) is 83.4 Å². The van der Waals surface area contributed by atoms with Crippen molar-refractivity contribution in [2.75, 3.05) is 0 Å². The molecule has 3 rings (SSSR count). The lowest BCUT2D eigenvalue weighted by atomic mass is 10.1. The summed E-state index contributed by atoms with van der Waals surface area (Å²) in [5, 5.41) is 12.3. The fourth-order valence-corrected chi connectivity index (χ4v) is 2.61. The number of carbonyl (C=O) groups is 1. The van der Waals surface area contributed by atoms with Crippen LogP contribution in [-0.4, -0.2) is 20.6 Å². The molecule has 2 N–H and O–H groups in total. The summed E-state index contributed by atoms with van der Waals surface area (Å²) in [4.78, 5) is 16.7. The lowest BCUT2D eigenvalue weighted by Gasteiger charge is -2.13. The number of aromatic nitrogens is 2. The van der Waals surface area contributed by atoms with Gasteiger partial charge in [0.1, 0.15) is 0 Å². The number of aliphatic hydroxyl groups is 1. The van der Waals surface area contributed by atoms with E-state index >= 15 is 0 Å². The van der Waals surface area contributed by atoms with Crippen molar-refractivity contribution in [3.63, 3.8) is 0 Å². The number of nitrogens with one attached hydrogen (secondary N) is 1. The lowest BCUT2D eigenvalue weighted by Crippen LogP contribution is -2.24. The molecule has 0 atom stereocenters. The molecule has 0 saturated carbocycles. The molecule has 122 valence electrons. The molecular weight excluding hydrogens is 302 g/mol. The number of benzene rings is 2. The average molecular weight is 321 g/mol. The van der Waals surface area contributed by atoms with Crippen LogP contribution >= 0.6 is 0 Å². The van der Waals surface area contributed by atoms with Gasteiger partial charge in [0.15, 0.2) is 0 Å². The Kier molecular flexibility index (Phi) is 4.72. The molecule has 0 aliphatic heterocycles. The molecule has 5 nitrogen and oxygen atoms in total. The van der Waals surface area contributed by atoms with Gasteiger partial charge in [-0.1, -0.05) is 35.9 Å². The van der Waals surface area contributed by atoms with Crippen LogP contribution in [0.25, 0.3) is 5.69 Å². The molecule has 0 aliphatic rings. The van der Waals surface area contributed by atoms with E-state index in [-0.39, 0.29) is 12.5 Å². The number of rotatable bonds is 5. The van der Waals surface area contributed by atoms with Crippen LogP contribution in [0.4, 0.5) is 0 Å². The number of aryl methyl sites for hydroxylation is 1. The SMILES string of the molecule is Cc1ccc(-n2ccnc2)c(C(=O)NCc2ccccc2CO)c1. The predicted molar refractivity (Wildman–Crippen MR) is 91.8 cm³/mol. The zero-order valence-electron chi connectivity index (χ0n) is 13.4. The highest BCUT2D eigenvalue weighted by Gasteiger charge is 2.13. The Morgan fingerprint density at radius 1 is 1.21 bits per heavy atom. The molecule has 2 aromatic carbocycles. The molecule has 0 saturated heterocycles. The molecule has 1 aromatic heterocycles. The first kappa shape index (κ1) is 16.0. The van der Waals surface area contributed by atoms with Gasteiger partial charge in [-0.15, -0.1) is 0 Å². The zero-order chi connectivity index (χ0) is 16.9. The quantitative estimate of drug-likeness (QED) is 0.759. The standard InChI is InChI=1S/C19H19N3O2/c1-14-6-7-18(22-9-8-20-13-22)17(10-14)19(24)21-11-15-4-2-3-5-16(15)12-23/h2-10,13,23H,11-12H2,1H3,(H,21,24). The Bertz CT molecular complexity index is 842. The fraction of sp³-hybridized carbons (Fsp3) is 0.158. The van der Waals surface area contributed by atoms with Crippen LogP contribution in [0, 0.1) is 6.92 Å². The molecule has 0 aliphatic carbocycles. The van der Waals surface area contributed by atoms with E-state index in [4.69, 9.17) is 0 Å². The third-order valence-corrected chi connectivity index (χ3v) is 3.91. The molecule has 0 bridgehead atoms. The molecule has 5 heteroatoms. The fourth-order valence-electron chi connectivity index (χ4n) is 2.61. The van der Waals surface area contributed by atoms with Crippen molar-refractivity contribution >= 4 is 5.91 Å². The second-order valence-corrected chi connectivity index (χ2v) is 5.60. The van der Waals surface area contributed by atoms with E-state index in [2.05, 4.69) is 10.3 Å². The van der Waals surface area contributed by atoms with Crippen LogP contribution in [0.2, 0.25) is 0 Å². The minimum Gasteiger partial charge on any atom is -0.392 e. The van der Waals surface area contributed by atoms with Gasteiger partial charge < -0.3 is 15.0 Å². The number of nitrogens with zero attached hydrogens (tertiary/aromatic N) is 2. The zero-order valence-corrected chi connectivity index (χ0v) is 13.4. The first-order valence-corrected chi connectivity index (χ1v) is 7.74. The van der Waals surface area contributed by atoms with Gasteiger partial charge in [-0.3, -0.25) is 4.79 Å². The molecule has 24 heavy (non-hydrogen) atoms. The van der Waals surface area contributed by atoms with E-state index in [1.165, 1.54) is 0 Å². The summed E-state index contributed by atoms with van der Waals surface area (Å²) in [6.07, 6.45) is 5.16. The van der Waals surface area contributed by atoms with E-state index in [1.807, 2.05) is 60.2 Å². The number of amides is 1. The van der Waals surface area contributed by atoms with Gasteiger partial charge in [0.25, 0.3) is 5.91 Å². The van der Waals surface area contributed by atoms with E-state index in [0.717, 1.165) is 22.4 Å². The van der Waals surface area contributed by atoms with Crippen LogP contribution in [0.5, 0.6) is 0 Å². The Hall–Kier alpha value is -2.92. The van der Waals surface area contributed by atoms with Gasteiger partial charge in [0, 0.05) is 18.9 Å².